The Balaban J connectivity index is 2.31. The van der Waals surface area contributed by atoms with Crippen molar-refractivity contribution in [2.75, 3.05) is 0 Å². The molecule has 2 rings (SSSR count). The van der Waals surface area contributed by atoms with Crippen LogP contribution in [-0.2, 0) is 18.6 Å². The van der Waals surface area contributed by atoms with Crippen LogP contribution in [-0.4, -0.2) is 14.9 Å². The second-order valence-corrected chi connectivity index (χ2v) is 5.58. The van der Waals surface area contributed by atoms with E-state index >= 15 is 0 Å². The van der Waals surface area contributed by atoms with E-state index in [1.807, 2.05) is 31.2 Å². The zero-order valence-corrected chi connectivity index (χ0v) is 12.4. The minimum atomic E-state index is -1.07. The standard InChI is InChI=1S/C14H16Cl2N2O/c1-3-18-13(12(16)9-17-18)14(2,19)8-10-4-6-11(15)7-5-10/h4-7,9,19H,3,8H2,1-2H3. The van der Waals surface area contributed by atoms with E-state index in [0.717, 1.165) is 5.56 Å². The van der Waals surface area contributed by atoms with Gasteiger partial charge in [0.15, 0.2) is 0 Å². The first-order valence-corrected chi connectivity index (χ1v) is 6.88. The van der Waals surface area contributed by atoms with Gasteiger partial charge in [-0.15, -0.1) is 0 Å². The number of benzene rings is 1. The van der Waals surface area contributed by atoms with Crippen LogP contribution in [0.3, 0.4) is 0 Å². The van der Waals surface area contributed by atoms with E-state index in [-0.39, 0.29) is 0 Å². The highest BCUT2D eigenvalue weighted by Crippen LogP contribution is 2.31. The minimum Gasteiger partial charge on any atom is -0.383 e. The van der Waals surface area contributed by atoms with Crippen LogP contribution in [0.25, 0.3) is 0 Å². The van der Waals surface area contributed by atoms with Crippen molar-refractivity contribution in [2.45, 2.75) is 32.4 Å². The van der Waals surface area contributed by atoms with Gasteiger partial charge in [-0.05, 0) is 31.5 Å². The summed E-state index contributed by atoms with van der Waals surface area (Å²) in [6, 6.07) is 7.42. The molecule has 1 aromatic heterocycles. The van der Waals surface area contributed by atoms with E-state index < -0.39 is 5.60 Å². The van der Waals surface area contributed by atoms with Crippen LogP contribution in [0.4, 0.5) is 0 Å². The van der Waals surface area contributed by atoms with E-state index in [9.17, 15) is 5.11 Å². The van der Waals surface area contributed by atoms with Gasteiger partial charge in [0, 0.05) is 18.0 Å². The molecule has 2 aromatic rings. The molecule has 0 aliphatic rings. The summed E-state index contributed by atoms with van der Waals surface area (Å²) in [7, 11) is 0. The normalized spacial score (nSPS) is 14.4. The second-order valence-electron chi connectivity index (χ2n) is 4.73. The average Bonchev–Trinajstić information content (AvgIpc) is 2.74. The van der Waals surface area contributed by atoms with Gasteiger partial charge >= 0.3 is 0 Å². The molecule has 1 N–H and O–H groups in total. The van der Waals surface area contributed by atoms with Gasteiger partial charge < -0.3 is 5.11 Å². The van der Waals surface area contributed by atoms with Crippen molar-refractivity contribution in [3.63, 3.8) is 0 Å². The van der Waals surface area contributed by atoms with E-state index in [1.54, 1.807) is 17.8 Å². The average molecular weight is 299 g/mol. The van der Waals surface area contributed by atoms with E-state index in [0.29, 0.717) is 28.7 Å². The number of hydrogen-bond donors (Lipinski definition) is 1. The summed E-state index contributed by atoms with van der Waals surface area (Å²) < 4.78 is 1.72. The Morgan fingerprint density at radius 1 is 1.26 bits per heavy atom. The molecule has 102 valence electrons. The first-order chi connectivity index (χ1) is 8.94. The van der Waals surface area contributed by atoms with Crippen LogP contribution in [0.1, 0.15) is 25.1 Å². The summed E-state index contributed by atoms with van der Waals surface area (Å²) in [5, 5.41) is 16.0. The predicted octanol–water partition coefficient (Wildman–Crippen LogP) is 3.66. The third kappa shape index (κ3) is 3.11. The molecule has 1 aromatic carbocycles. The summed E-state index contributed by atoms with van der Waals surface area (Å²) in [6.07, 6.45) is 2.02. The fourth-order valence-corrected chi connectivity index (χ4v) is 2.69. The van der Waals surface area contributed by atoms with E-state index in [1.165, 1.54) is 0 Å². The van der Waals surface area contributed by atoms with E-state index in [4.69, 9.17) is 23.2 Å². The molecule has 0 saturated heterocycles. The van der Waals surface area contributed by atoms with Gasteiger partial charge in [0.05, 0.1) is 16.9 Å². The number of aliphatic hydroxyl groups is 1. The number of aromatic nitrogens is 2. The number of halogens is 2. The monoisotopic (exact) mass is 298 g/mol. The van der Waals surface area contributed by atoms with Gasteiger partial charge in [0.1, 0.15) is 5.60 Å². The van der Waals surface area contributed by atoms with Crippen LogP contribution in [0.15, 0.2) is 30.5 Å². The fourth-order valence-electron chi connectivity index (χ4n) is 2.22. The topological polar surface area (TPSA) is 38.0 Å². The lowest BCUT2D eigenvalue weighted by Crippen LogP contribution is -2.28. The van der Waals surface area contributed by atoms with Gasteiger partial charge in [-0.1, -0.05) is 35.3 Å². The Hall–Kier alpha value is -1.03. The molecular formula is C14H16Cl2N2O. The molecular weight excluding hydrogens is 283 g/mol. The van der Waals surface area contributed by atoms with Crippen LogP contribution >= 0.6 is 23.2 Å². The number of rotatable bonds is 4. The molecule has 0 aliphatic carbocycles. The Morgan fingerprint density at radius 2 is 1.89 bits per heavy atom. The molecule has 0 bridgehead atoms. The number of aryl methyl sites for hydroxylation is 1. The lowest BCUT2D eigenvalue weighted by molar-refractivity contribution is 0.0481. The quantitative estimate of drug-likeness (QED) is 0.935. The fraction of sp³-hybridized carbons (Fsp3) is 0.357. The highest BCUT2D eigenvalue weighted by atomic mass is 35.5. The van der Waals surface area contributed by atoms with Crippen molar-refractivity contribution in [1.29, 1.82) is 0 Å². The maximum absolute atomic E-state index is 10.7. The largest absolute Gasteiger partial charge is 0.383 e. The van der Waals surface area contributed by atoms with Crippen LogP contribution in [0, 0.1) is 0 Å². The Morgan fingerprint density at radius 3 is 2.47 bits per heavy atom. The minimum absolute atomic E-state index is 0.454. The molecule has 1 unspecified atom stereocenters. The van der Waals surface area contributed by atoms with Gasteiger partial charge in [-0.25, -0.2) is 0 Å². The lowest BCUT2D eigenvalue weighted by atomic mass is 9.93. The Labute approximate surface area is 122 Å². The third-order valence-corrected chi connectivity index (χ3v) is 3.59. The molecule has 3 nitrogen and oxygen atoms in total. The molecule has 0 saturated carbocycles. The highest BCUT2D eigenvalue weighted by Gasteiger charge is 2.30. The first-order valence-electron chi connectivity index (χ1n) is 6.12. The predicted molar refractivity (Wildman–Crippen MR) is 77.6 cm³/mol. The summed E-state index contributed by atoms with van der Waals surface area (Å²) in [5.74, 6) is 0. The summed E-state index contributed by atoms with van der Waals surface area (Å²) >= 11 is 12.0. The van der Waals surface area contributed by atoms with Crippen LogP contribution in [0.2, 0.25) is 10.0 Å². The number of nitrogens with zero attached hydrogens (tertiary/aromatic N) is 2. The molecule has 0 radical (unpaired) electrons. The zero-order chi connectivity index (χ0) is 14.0. The molecule has 0 aliphatic heterocycles. The SMILES string of the molecule is CCn1ncc(Cl)c1C(C)(O)Cc1ccc(Cl)cc1. The van der Waals surface area contributed by atoms with Crippen molar-refractivity contribution in [1.82, 2.24) is 9.78 Å². The molecule has 0 fully saturated rings. The maximum Gasteiger partial charge on any atom is 0.109 e. The van der Waals surface area contributed by atoms with E-state index in [2.05, 4.69) is 5.10 Å². The lowest BCUT2D eigenvalue weighted by Gasteiger charge is -2.25. The molecule has 0 spiro atoms. The van der Waals surface area contributed by atoms with Crippen LogP contribution < -0.4 is 0 Å². The van der Waals surface area contributed by atoms with Crippen molar-refractivity contribution in [3.05, 3.63) is 51.8 Å². The van der Waals surface area contributed by atoms with Crippen LogP contribution in [0.5, 0.6) is 0 Å². The molecule has 1 atom stereocenters. The summed E-state index contributed by atoms with van der Waals surface area (Å²) in [6.45, 7) is 4.38. The summed E-state index contributed by atoms with van der Waals surface area (Å²) in [5.41, 5.74) is 0.568. The second kappa shape index (κ2) is 5.53. The first kappa shape index (κ1) is 14.4. The zero-order valence-electron chi connectivity index (χ0n) is 10.9. The summed E-state index contributed by atoms with van der Waals surface area (Å²) in [4.78, 5) is 0. The number of hydrogen-bond acceptors (Lipinski definition) is 2. The van der Waals surface area contributed by atoms with Gasteiger partial charge in [-0.3, -0.25) is 4.68 Å². The molecule has 0 amide bonds. The smallest absolute Gasteiger partial charge is 0.109 e. The molecule has 5 heteroatoms. The third-order valence-electron chi connectivity index (χ3n) is 3.07. The van der Waals surface area contributed by atoms with Gasteiger partial charge in [0.2, 0.25) is 0 Å². The molecule has 1 heterocycles. The van der Waals surface area contributed by atoms with Crippen molar-refractivity contribution < 1.29 is 5.11 Å². The maximum atomic E-state index is 10.7. The highest BCUT2D eigenvalue weighted by molar-refractivity contribution is 6.31. The van der Waals surface area contributed by atoms with Crippen molar-refractivity contribution >= 4 is 23.2 Å². The van der Waals surface area contributed by atoms with Crippen molar-refractivity contribution in [2.24, 2.45) is 0 Å². The Kier molecular flexibility index (Phi) is 4.19. The molecule has 19 heavy (non-hydrogen) atoms. The van der Waals surface area contributed by atoms with Gasteiger partial charge in [0.25, 0.3) is 0 Å². The Bertz CT molecular complexity index is 561. The van der Waals surface area contributed by atoms with Crippen molar-refractivity contribution in [3.8, 4) is 0 Å². The van der Waals surface area contributed by atoms with Gasteiger partial charge in [-0.2, -0.15) is 5.10 Å².